The molecule has 0 saturated heterocycles. The van der Waals surface area contributed by atoms with Crippen LogP contribution in [0.1, 0.15) is 11.1 Å². The first-order valence-corrected chi connectivity index (χ1v) is 7.33. The Bertz CT molecular complexity index is 1020. The third-order valence-electron chi connectivity index (χ3n) is 3.62. The van der Waals surface area contributed by atoms with Gasteiger partial charge in [-0.1, -0.05) is 23.7 Å². The predicted octanol–water partition coefficient (Wildman–Crippen LogP) is 3.12. The van der Waals surface area contributed by atoms with Crippen molar-refractivity contribution in [3.8, 4) is 11.8 Å². The minimum atomic E-state index is -0.595. The number of ether oxygens (including phenoxy) is 1. The summed E-state index contributed by atoms with van der Waals surface area (Å²) in [7, 11) is 1.56. The first-order valence-electron chi connectivity index (χ1n) is 6.95. The lowest BCUT2D eigenvalue weighted by Gasteiger charge is -2.12. The number of benzene rings is 1. The molecule has 0 aliphatic rings. The fraction of sp³-hybridized carbons (Fsp3) is 0.118. The number of pyridine rings is 2. The van der Waals surface area contributed by atoms with E-state index < -0.39 is 11.4 Å². The van der Waals surface area contributed by atoms with Crippen LogP contribution in [0.2, 0.25) is 5.02 Å². The number of halogens is 2. The van der Waals surface area contributed by atoms with Crippen LogP contribution in [0.25, 0.3) is 11.0 Å². The second kappa shape index (κ2) is 6.30. The second-order valence-electron chi connectivity index (χ2n) is 5.06. The smallest absolute Gasteiger partial charge is 0.271 e. The Labute approximate surface area is 141 Å². The zero-order valence-electron chi connectivity index (χ0n) is 12.6. The Morgan fingerprint density at radius 1 is 1.38 bits per heavy atom. The van der Waals surface area contributed by atoms with E-state index in [1.807, 2.05) is 0 Å². The molecule has 7 heteroatoms. The van der Waals surface area contributed by atoms with Gasteiger partial charge in [-0.05, 0) is 23.8 Å². The van der Waals surface area contributed by atoms with Crippen molar-refractivity contribution >= 4 is 22.6 Å². The fourth-order valence-electron chi connectivity index (χ4n) is 2.43. The molecule has 2 heterocycles. The van der Waals surface area contributed by atoms with Crippen LogP contribution in [0.4, 0.5) is 4.39 Å². The number of aromatic nitrogens is 2. The molecular weight excluding hydrogens is 333 g/mol. The summed E-state index contributed by atoms with van der Waals surface area (Å²) in [5.74, 6) is 0.0907. The Kier molecular flexibility index (Phi) is 4.19. The van der Waals surface area contributed by atoms with Gasteiger partial charge < -0.3 is 4.74 Å². The van der Waals surface area contributed by atoms with Crippen molar-refractivity contribution in [2.45, 2.75) is 6.54 Å². The van der Waals surface area contributed by atoms with Crippen LogP contribution in [-0.2, 0) is 6.54 Å². The molecule has 5 nitrogen and oxygen atoms in total. The van der Waals surface area contributed by atoms with Crippen molar-refractivity contribution in [2.75, 3.05) is 7.11 Å². The molecule has 0 aliphatic carbocycles. The molecule has 3 rings (SSSR count). The molecule has 0 fully saturated rings. The van der Waals surface area contributed by atoms with Gasteiger partial charge in [0, 0.05) is 5.39 Å². The van der Waals surface area contributed by atoms with Crippen LogP contribution in [-0.4, -0.2) is 16.7 Å². The second-order valence-corrected chi connectivity index (χ2v) is 5.44. The van der Waals surface area contributed by atoms with E-state index in [1.165, 1.54) is 4.57 Å². The van der Waals surface area contributed by atoms with E-state index in [-0.39, 0.29) is 28.2 Å². The number of rotatable bonds is 3. The summed E-state index contributed by atoms with van der Waals surface area (Å²) in [5.41, 5.74) is 0.229. The van der Waals surface area contributed by atoms with Gasteiger partial charge in [0.25, 0.3) is 5.56 Å². The third kappa shape index (κ3) is 2.70. The molecule has 0 unspecified atom stereocenters. The third-order valence-corrected chi connectivity index (χ3v) is 4.01. The van der Waals surface area contributed by atoms with Crippen molar-refractivity contribution in [1.82, 2.24) is 9.55 Å². The van der Waals surface area contributed by atoms with E-state index in [0.29, 0.717) is 5.75 Å². The Morgan fingerprint density at radius 3 is 2.71 bits per heavy atom. The van der Waals surface area contributed by atoms with E-state index in [0.717, 1.165) is 17.8 Å². The number of nitriles is 1. The van der Waals surface area contributed by atoms with Crippen LogP contribution >= 0.6 is 11.6 Å². The molecule has 24 heavy (non-hydrogen) atoms. The highest BCUT2D eigenvalue weighted by Crippen LogP contribution is 2.24. The highest BCUT2D eigenvalue weighted by Gasteiger charge is 2.17. The van der Waals surface area contributed by atoms with Crippen molar-refractivity contribution in [2.24, 2.45) is 0 Å². The zero-order chi connectivity index (χ0) is 17.3. The molecule has 0 spiro atoms. The molecule has 0 saturated carbocycles. The van der Waals surface area contributed by atoms with Crippen LogP contribution < -0.4 is 10.3 Å². The lowest BCUT2D eigenvalue weighted by Crippen LogP contribution is -2.25. The van der Waals surface area contributed by atoms with Gasteiger partial charge >= 0.3 is 0 Å². The van der Waals surface area contributed by atoms with Crippen LogP contribution in [0, 0.1) is 17.1 Å². The van der Waals surface area contributed by atoms with Gasteiger partial charge in [0.2, 0.25) is 0 Å². The molecule has 0 bridgehead atoms. The molecule has 0 N–H and O–H groups in total. The Morgan fingerprint density at radius 2 is 2.08 bits per heavy atom. The molecular formula is C17H11ClFN3O2. The van der Waals surface area contributed by atoms with Crippen molar-refractivity contribution in [3.05, 3.63) is 68.8 Å². The molecule has 3 aromatic rings. The highest BCUT2D eigenvalue weighted by molar-refractivity contribution is 6.36. The first kappa shape index (κ1) is 16.0. The summed E-state index contributed by atoms with van der Waals surface area (Å²) < 4.78 is 19.9. The largest absolute Gasteiger partial charge is 0.497 e. The van der Waals surface area contributed by atoms with Crippen molar-refractivity contribution < 1.29 is 9.13 Å². The van der Waals surface area contributed by atoms with Crippen molar-refractivity contribution in [1.29, 1.82) is 5.26 Å². The molecule has 0 atom stereocenters. The summed E-state index contributed by atoms with van der Waals surface area (Å²) in [5, 5.41) is 9.34. The number of hydrogen-bond acceptors (Lipinski definition) is 4. The summed E-state index contributed by atoms with van der Waals surface area (Å²) in [6.45, 7) is 0.170. The number of hydrogen-bond donors (Lipinski definition) is 0. The van der Waals surface area contributed by atoms with Gasteiger partial charge in [-0.15, -0.1) is 0 Å². The van der Waals surface area contributed by atoms with Crippen LogP contribution in [0.3, 0.4) is 0 Å². The highest BCUT2D eigenvalue weighted by atomic mass is 35.5. The van der Waals surface area contributed by atoms with Crippen LogP contribution in [0.15, 0.2) is 41.3 Å². The van der Waals surface area contributed by atoms with Gasteiger partial charge in [0.15, 0.2) is 0 Å². The normalized spacial score (nSPS) is 10.6. The Hall–Kier alpha value is -2.91. The maximum Gasteiger partial charge on any atom is 0.271 e. The zero-order valence-corrected chi connectivity index (χ0v) is 13.3. The molecule has 0 radical (unpaired) electrons. The molecule has 2 aromatic heterocycles. The van der Waals surface area contributed by atoms with Crippen molar-refractivity contribution in [3.63, 3.8) is 0 Å². The van der Waals surface area contributed by atoms with Gasteiger partial charge in [0.1, 0.15) is 28.8 Å². The molecule has 0 amide bonds. The van der Waals surface area contributed by atoms with E-state index in [4.69, 9.17) is 16.3 Å². The quantitative estimate of drug-likeness (QED) is 0.732. The summed E-state index contributed by atoms with van der Waals surface area (Å²) >= 11 is 6.07. The summed E-state index contributed by atoms with van der Waals surface area (Å²) in [4.78, 5) is 16.5. The number of fused-ring (bicyclic) bond motifs is 1. The van der Waals surface area contributed by atoms with Gasteiger partial charge in [-0.25, -0.2) is 9.37 Å². The predicted molar refractivity (Wildman–Crippen MR) is 87.8 cm³/mol. The summed E-state index contributed by atoms with van der Waals surface area (Å²) in [6, 6.07) is 10.1. The van der Waals surface area contributed by atoms with Gasteiger partial charge in [-0.3, -0.25) is 9.36 Å². The maximum absolute atomic E-state index is 13.5. The minimum absolute atomic E-state index is 0.0875. The van der Waals surface area contributed by atoms with Gasteiger partial charge in [0.05, 0.1) is 24.9 Å². The fourth-order valence-corrected chi connectivity index (χ4v) is 2.69. The molecule has 0 aliphatic heterocycles. The first-order chi connectivity index (χ1) is 11.5. The maximum atomic E-state index is 13.5. The van der Waals surface area contributed by atoms with Crippen LogP contribution in [0.5, 0.6) is 5.75 Å². The Balaban J connectivity index is 2.22. The average Bonchev–Trinajstić information content (AvgIpc) is 2.60. The molecule has 120 valence electrons. The lowest BCUT2D eigenvalue weighted by atomic mass is 10.1. The number of nitrogens with zero attached hydrogens (tertiary/aromatic N) is 3. The lowest BCUT2D eigenvalue weighted by molar-refractivity contribution is 0.414. The number of methoxy groups -OCH3 is 1. The van der Waals surface area contributed by atoms with E-state index in [2.05, 4.69) is 4.98 Å². The monoisotopic (exact) mass is 343 g/mol. The van der Waals surface area contributed by atoms with E-state index in [1.54, 1.807) is 37.4 Å². The standard InChI is InChI=1S/C17H11ClFN3O2/c1-24-12-4-2-10(3-5-12)9-22-16-13(6-11(19)8-21-16)15(18)14(7-20)17(22)23/h2-6,8H,9H2,1H3. The van der Waals surface area contributed by atoms with Gasteiger partial charge in [-0.2, -0.15) is 5.26 Å². The SMILES string of the molecule is COc1ccc(Cn2c(=O)c(C#N)c(Cl)c3cc(F)cnc32)cc1. The average molecular weight is 344 g/mol. The minimum Gasteiger partial charge on any atom is -0.497 e. The summed E-state index contributed by atoms with van der Waals surface area (Å²) in [6.07, 6.45) is 1.01. The van der Waals surface area contributed by atoms with E-state index in [9.17, 15) is 14.4 Å². The van der Waals surface area contributed by atoms with E-state index >= 15 is 0 Å². The topological polar surface area (TPSA) is 67.9 Å². The molecule has 1 aromatic carbocycles.